The van der Waals surface area contributed by atoms with Crippen LogP contribution in [0, 0.1) is 6.92 Å². The molecule has 0 aromatic carbocycles. The highest BCUT2D eigenvalue weighted by Crippen LogP contribution is 2.23. The second-order valence-corrected chi connectivity index (χ2v) is 5.14. The summed E-state index contributed by atoms with van der Waals surface area (Å²) in [6.07, 6.45) is 0. The Bertz CT molecular complexity index is 394. The Balaban J connectivity index is 2.13. The second kappa shape index (κ2) is 5.48. The molecule has 1 atom stereocenters. The molecule has 6 heteroatoms. The number of hydrogen-bond acceptors (Lipinski definition) is 4. The van der Waals surface area contributed by atoms with Crippen LogP contribution in [0.3, 0.4) is 0 Å². The summed E-state index contributed by atoms with van der Waals surface area (Å²) in [7, 11) is 1.95. The molecule has 1 aromatic heterocycles. The van der Waals surface area contributed by atoms with Gasteiger partial charge in [-0.15, -0.1) is 0 Å². The van der Waals surface area contributed by atoms with Gasteiger partial charge in [0.15, 0.2) is 0 Å². The Morgan fingerprint density at radius 3 is 2.94 bits per heavy atom. The molecule has 0 spiro atoms. The van der Waals surface area contributed by atoms with Gasteiger partial charge in [0, 0.05) is 20.1 Å². The average molecular weight is 304 g/mol. The standard InChI is InChI=1S/C11H18BrN3O2/c1-8-11(12)10(14(2)13-8)5-15-3-4-17-7-9(15)6-16/h9,16H,3-7H2,1-2H3. The van der Waals surface area contributed by atoms with E-state index in [1.54, 1.807) is 0 Å². The Morgan fingerprint density at radius 1 is 1.59 bits per heavy atom. The van der Waals surface area contributed by atoms with Gasteiger partial charge in [-0.2, -0.15) is 5.10 Å². The van der Waals surface area contributed by atoms with E-state index in [4.69, 9.17) is 4.74 Å². The van der Waals surface area contributed by atoms with Gasteiger partial charge in [0.05, 0.1) is 41.7 Å². The van der Waals surface area contributed by atoms with E-state index in [1.165, 1.54) is 0 Å². The Labute approximate surface area is 109 Å². The van der Waals surface area contributed by atoms with Crippen molar-refractivity contribution in [3.63, 3.8) is 0 Å². The summed E-state index contributed by atoms with van der Waals surface area (Å²) in [5, 5.41) is 13.7. The Kier molecular flexibility index (Phi) is 4.19. The first-order chi connectivity index (χ1) is 8.13. The van der Waals surface area contributed by atoms with Gasteiger partial charge in [-0.3, -0.25) is 9.58 Å². The van der Waals surface area contributed by atoms with Crippen molar-refractivity contribution in [3.8, 4) is 0 Å². The molecule has 1 aliphatic heterocycles. The van der Waals surface area contributed by atoms with Crippen LogP contribution >= 0.6 is 15.9 Å². The molecule has 0 amide bonds. The minimum Gasteiger partial charge on any atom is -0.395 e. The van der Waals surface area contributed by atoms with E-state index >= 15 is 0 Å². The lowest BCUT2D eigenvalue weighted by molar-refractivity contribution is -0.0322. The zero-order chi connectivity index (χ0) is 12.4. The number of aliphatic hydroxyl groups is 1. The fourth-order valence-electron chi connectivity index (χ4n) is 2.11. The minimum atomic E-state index is 0.0888. The third-order valence-electron chi connectivity index (χ3n) is 3.17. The lowest BCUT2D eigenvalue weighted by Gasteiger charge is -2.34. The van der Waals surface area contributed by atoms with Crippen molar-refractivity contribution >= 4 is 15.9 Å². The molecule has 1 fully saturated rings. The third kappa shape index (κ3) is 2.70. The molecule has 96 valence electrons. The topological polar surface area (TPSA) is 50.5 Å². The van der Waals surface area contributed by atoms with E-state index in [0.29, 0.717) is 6.61 Å². The summed E-state index contributed by atoms with van der Waals surface area (Å²) in [5.41, 5.74) is 2.14. The van der Waals surface area contributed by atoms with Gasteiger partial charge in [0.2, 0.25) is 0 Å². The summed E-state index contributed by atoms with van der Waals surface area (Å²) >= 11 is 3.57. The summed E-state index contributed by atoms with van der Waals surface area (Å²) in [6, 6.07) is 0.0888. The van der Waals surface area contributed by atoms with Crippen molar-refractivity contribution in [1.82, 2.24) is 14.7 Å². The molecule has 2 heterocycles. The number of morpholine rings is 1. The van der Waals surface area contributed by atoms with Crippen molar-refractivity contribution in [2.45, 2.75) is 19.5 Å². The van der Waals surface area contributed by atoms with E-state index in [9.17, 15) is 5.11 Å². The second-order valence-electron chi connectivity index (χ2n) is 4.35. The lowest BCUT2D eigenvalue weighted by atomic mass is 10.2. The third-order valence-corrected chi connectivity index (χ3v) is 4.21. The molecule has 1 unspecified atom stereocenters. The first kappa shape index (κ1) is 13.0. The fourth-order valence-corrected chi connectivity index (χ4v) is 2.57. The average Bonchev–Trinajstić information content (AvgIpc) is 2.57. The molecule has 1 N–H and O–H groups in total. The van der Waals surface area contributed by atoms with Gasteiger partial charge in [-0.25, -0.2) is 0 Å². The quantitative estimate of drug-likeness (QED) is 0.892. The van der Waals surface area contributed by atoms with Gasteiger partial charge >= 0.3 is 0 Å². The summed E-state index contributed by atoms with van der Waals surface area (Å²) in [5.74, 6) is 0. The van der Waals surface area contributed by atoms with Gasteiger partial charge in [0.25, 0.3) is 0 Å². The van der Waals surface area contributed by atoms with E-state index in [2.05, 4.69) is 25.9 Å². The van der Waals surface area contributed by atoms with Crippen molar-refractivity contribution in [2.75, 3.05) is 26.4 Å². The van der Waals surface area contributed by atoms with E-state index in [-0.39, 0.29) is 12.6 Å². The summed E-state index contributed by atoms with van der Waals surface area (Å²) in [4.78, 5) is 2.24. The molecular formula is C11H18BrN3O2. The monoisotopic (exact) mass is 303 g/mol. The molecular weight excluding hydrogens is 286 g/mol. The largest absolute Gasteiger partial charge is 0.395 e. The molecule has 0 aliphatic carbocycles. The number of halogens is 1. The van der Waals surface area contributed by atoms with Gasteiger partial charge in [0.1, 0.15) is 0 Å². The molecule has 1 saturated heterocycles. The van der Waals surface area contributed by atoms with Crippen LogP contribution in [-0.2, 0) is 18.3 Å². The summed E-state index contributed by atoms with van der Waals surface area (Å²) in [6.45, 7) is 5.08. The highest BCUT2D eigenvalue weighted by atomic mass is 79.9. The number of nitrogens with zero attached hydrogens (tertiary/aromatic N) is 3. The zero-order valence-corrected chi connectivity index (χ0v) is 11.8. The molecule has 5 nitrogen and oxygen atoms in total. The Hall–Kier alpha value is -0.430. The first-order valence-corrected chi connectivity index (χ1v) is 6.53. The van der Waals surface area contributed by atoms with E-state index in [1.807, 2.05) is 18.7 Å². The zero-order valence-electron chi connectivity index (χ0n) is 10.2. The number of rotatable bonds is 3. The van der Waals surface area contributed by atoms with Crippen LogP contribution in [0.4, 0.5) is 0 Å². The van der Waals surface area contributed by atoms with Crippen molar-refractivity contribution in [3.05, 3.63) is 15.9 Å². The van der Waals surface area contributed by atoms with Gasteiger partial charge < -0.3 is 9.84 Å². The predicted octanol–water partition coefficient (Wildman–Crippen LogP) is 0.684. The Morgan fingerprint density at radius 2 is 2.35 bits per heavy atom. The van der Waals surface area contributed by atoms with E-state index < -0.39 is 0 Å². The van der Waals surface area contributed by atoms with Crippen LogP contribution in [0.1, 0.15) is 11.4 Å². The van der Waals surface area contributed by atoms with Crippen molar-refractivity contribution < 1.29 is 9.84 Å². The van der Waals surface area contributed by atoms with Crippen molar-refractivity contribution in [2.24, 2.45) is 7.05 Å². The number of aryl methyl sites for hydroxylation is 2. The minimum absolute atomic E-state index is 0.0888. The first-order valence-electron chi connectivity index (χ1n) is 5.74. The van der Waals surface area contributed by atoms with Crippen LogP contribution in [0.5, 0.6) is 0 Å². The molecule has 0 saturated carbocycles. The molecule has 17 heavy (non-hydrogen) atoms. The normalized spacial score (nSPS) is 22.0. The molecule has 1 aromatic rings. The van der Waals surface area contributed by atoms with Gasteiger partial charge in [-0.1, -0.05) is 0 Å². The maximum Gasteiger partial charge on any atom is 0.0739 e. The number of ether oxygens (including phenoxy) is 1. The number of aliphatic hydroxyl groups excluding tert-OH is 1. The smallest absolute Gasteiger partial charge is 0.0739 e. The number of hydrogen-bond donors (Lipinski definition) is 1. The van der Waals surface area contributed by atoms with Crippen LogP contribution in [0.15, 0.2) is 4.47 Å². The lowest BCUT2D eigenvalue weighted by Crippen LogP contribution is -2.47. The van der Waals surface area contributed by atoms with Crippen LogP contribution in [0.2, 0.25) is 0 Å². The molecule has 0 bridgehead atoms. The molecule has 0 radical (unpaired) electrons. The van der Waals surface area contributed by atoms with Gasteiger partial charge in [-0.05, 0) is 22.9 Å². The van der Waals surface area contributed by atoms with Crippen LogP contribution < -0.4 is 0 Å². The summed E-state index contributed by atoms with van der Waals surface area (Å²) < 4.78 is 8.32. The highest BCUT2D eigenvalue weighted by Gasteiger charge is 2.24. The SMILES string of the molecule is Cc1nn(C)c(CN2CCOCC2CO)c1Br. The molecule has 2 rings (SSSR count). The van der Waals surface area contributed by atoms with Crippen LogP contribution in [-0.4, -0.2) is 52.2 Å². The molecule has 1 aliphatic rings. The number of aromatic nitrogens is 2. The maximum atomic E-state index is 9.33. The predicted molar refractivity (Wildman–Crippen MR) is 67.7 cm³/mol. The van der Waals surface area contributed by atoms with E-state index in [0.717, 1.165) is 35.6 Å². The fraction of sp³-hybridized carbons (Fsp3) is 0.727. The highest BCUT2D eigenvalue weighted by molar-refractivity contribution is 9.10. The van der Waals surface area contributed by atoms with Crippen LogP contribution in [0.25, 0.3) is 0 Å². The van der Waals surface area contributed by atoms with Crippen molar-refractivity contribution in [1.29, 1.82) is 0 Å². The maximum absolute atomic E-state index is 9.33.